The van der Waals surface area contributed by atoms with Crippen LogP contribution < -0.4 is 5.32 Å². The van der Waals surface area contributed by atoms with E-state index in [0.717, 1.165) is 5.56 Å². The minimum Gasteiger partial charge on any atom is -0.388 e. The van der Waals surface area contributed by atoms with Crippen LogP contribution in [0.3, 0.4) is 0 Å². The van der Waals surface area contributed by atoms with Crippen LogP contribution in [0.2, 0.25) is 5.28 Å². The molecular weight excluding hydrogens is 258 g/mol. The molecule has 6 nitrogen and oxygen atoms in total. The van der Waals surface area contributed by atoms with Gasteiger partial charge in [0, 0.05) is 11.8 Å². The number of fused-ring (bicyclic) bond motifs is 1. The van der Waals surface area contributed by atoms with Gasteiger partial charge in [0.25, 0.3) is 0 Å². The van der Waals surface area contributed by atoms with Gasteiger partial charge in [-0.3, -0.25) is 0 Å². The largest absolute Gasteiger partial charge is 0.388 e. The Balaban J connectivity index is 1.75. The Morgan fingerprint density at radius 3 is 3.00 bits per heavy atom. The fourth-order valence-corrected chi connectivity index (χ4v) is 2.48. The Morgan fingerprint density at radius 2 is 2.17 bits per heavy atom. The molecule has 2 aliphatic rings. The molecule has 18 heavy (non-hydrogen) atoms. The van der Waals surface area contributed by atoms with Gasteiger partial charge in [-0.25, -0.2) is 9.97 Å². The lowest BCUT2D eigenvalue weighted by Crippen LogP contribution is -2.36. The summed E-state index contributed by atoms with van der Waals surface area (Å²) >= 11 is 5.77. The average Bonchev–Trinajstić information content (AvgIpc) is 2.89. The summed E-state index contributed by atoms with van der Waals surface area (Å²) in [4.78, 5) is 8.04. The molecule has 0 aromatic carbocycles. The lowest BCUT2D eigenvalue weighted by Gasteiger charge is -2.18. The lowest BCUT2D eigenvalue weighted by molar-refractivity contribution is 0.0184. The van der Waals surface area contributed by atoms with Crippen LogP contribution in [0.25, 0.3) is 0 Å². The maximum Gasteiger partial charge on any atom is 0.224 e. The summed E-state index contributed by atoms with van der Waals surface area (Å²) in [7, 11) is 0. The fraction of sp³-hybridized carbons (Fsp3) is 0.636. The van der Waals surface area contributed by atoms with Gasteiger partial charge in [-0.1, -0.05) is 0 Å². The van der Waals surface area contributed by atoms with Gasteiger partial charge in [0.2, 0.25) is 5.28 Å². The van der Waals surface area contributed by atoms with Gasteiger partial charge < -0.3 is 19.9 Å². The van der Waals surface area contributed by atoms with Gasteiger partial charge in [0.05, 0.1) is 19.3 Å². The van der Waals surface area contributed by atoms with Gasteiger partial charge in [0.15, 0.2) is 0 Å². The normalized spacial score (nSPS) is 34.6. The first kappa shape index (κ1) is 12.1. The second-order valence-corrected chi connectivity index (χ2v) is 4.92. The van der Waals surface area contributed by atoms with Crippen molar-refractivity contribution in [3.8, 4) is 0 Å². The molecule has 0 radical (unpaired) electrons. The van der Waals surface area contributed by atoms with Crippen molar-refractivity contribution in [1.29, 1.82) is 0 Å². The summed E-state index contributed by atoms with van der Waals surface area (Å²) in [6.07, 6.45) is 0.722. The van der Waals surface area contributed by atoms with E-state index in [9.17, 15) is 5.11 Å². The van der Waals surface area contributed by atoms with Crippen molar-refractivity contribution in [2.24, 2.45) is 0 Å². The van der Waals surface area contributed by atoms with Crippen LogP contribution in [0.1, 0.15) is 5.56 Å². The van der Waals surface area contributed by atoms with E-state index in [-0.39, 0.29) is 23.5 Å². The minimum atomic E-state index is -0.545. The molecule has 2 N–H and O–H groups in total. The summed E-state index contributed by atoms with van der Waals surface area (Å²) in [6.45, 7) is 2.70. The number of hydrogen-bond donors (Lipinski definition) is 2. The Bertz CT molecular complexity index is 459. The van der Waals surface area contributed by atoms with Crippen molar-refractivity contribution < 1.29 is 14.6 Å². The van der Waals surface area contributed by atoms with E-state index in [0.29, 0.717) is 19.0 Å². The molecule has 98 valence electrons. The number of anilines is 1. The van der Waals surface area contributed by atoms with Crippen LogP contribution in [0.15, 0.2) is 6.20 Å². The van der Waals surface area contributed by atoms with E-state index in [1.165, 1.54) is 0 Å². The second kappa shape index (κ2) is 4.62. The molecule has 0 bridgehead atoms. The predicted octanol–water partition coefficient (Wildman–Crippen LogP) is 0.377. The molecule has 0 amide bonds. The third-order valence-electron chi connectivity index (χ3n) is 3.29. The Labute approximate surface area is 109 Å². The zero-order chi connectivity index (χ0) is 12.7. The van der Waals surface area contributed by atoms with E-state index in [2.05, 4.69) is 15.3 Å². The molecule has 3 heterocycles. The molecule has 0 spiro atoms. The zero-order valence-corrected chi connectivity index (χ0v) is 10.6. The number of nitrogens with one attached hydrogen (secondary N) is 1. The minimum absolute atomic E-state index is 0.0307. The molecule has 2 saturated heterocycles. The first-order valence-corrected chi connectivity index (χ1v) is 6.20. The van der Waals surface area contributed by atoms with Gasteiger partial charge in [-0.05, 0) is 18.5 Å². The molecule has 1 aromatic heterocycles. The highest BCUT2D eigenvalue weighted by atomic mass is 35.5. The number of aliphatic hydroxyl groups excluding tert-OH is 1. The number of aliphatic hydroxyl groups is 1. The SMILES string of the molecule is Cc1cnc(Cl)nc1NC1COC2C(O)COC12. The van der Waals surface area contributed by atoms with Crippen molar-refractivity contribution in [2.45, 2.75) is 31.3 Å². The molecule has 0 aliphatic carbocycles. The number of ether oxygens (including phenoxy) is 2. The van der Waals surface area contributed by atoms with Gasteiger partial charge in [-0.2, -0.15) is 0 Å². The molecule has 4 unspecified atom stereocenters. The highest BCUT2D eigenvalue weighted by Gasteiger charge is 2.47. The van der Waals surface area contributed by atoms with Gasteiger partial charge in [-0.15, -0.1) is 0 Å². The molecule has 2 fully saturated rings. The van der Waals surface area contributed by atoms with Gasteiger partial charge >= 0.3 is 0 Å². The van der Waals surface area contributed by atoms with E-state index in [1.54, 1.807) is 6.20 Å². The zero-order valence-electron chi connectivity index (χ0n) is 9.84. The summed E-state index contributed by atoms with van der Waals surface area (Å²) in [5, 5.41) is 13.1. The third-order valence-corrected chi connectivity index (χ3v) is 3.47. The number of aromatic nitrogens is 2. The quantitative estimate of drug-likeness (QED) is 0.758. The van der Waals surface area contributed by atoms with Crippen LogP contribution >= 0.6 is 11.6 Å². The molecule has 3 rings (SSSR count). The van der Waals surface area contributed by atoms with Crippen LogP contribution in [-0.4, -0.2) is 52.6 Å². The monoisotopic (exact) mass is 271 g/mol. The van der Waals surface area contributed by atoms with E-state index >= 15 is 0 Å². The molecular formula is C11H14ClN3O3. The fourth-order valence-electron chi connectivity index (χ4n) is 2.35. The van der Waals surface area contributed by atoms with Gasteiger partial charge in [0.1, 0.15) is 24.1 Å². The Hall–Kier alpha value is -0.950. The summed E-state index contributed by atoms with van der Waals surface area (Å²) in [6, 6.07) is -0.0307. The van der Waals surface area contributed by atoms with Crippen LogP contribution in [0, 0.1) is 6.92 Å². The molecule has 0 saturated carbocycles. The topological polar surface area (TPSA) is 76.5 Å². The number of rotatable bonds is 2. The van der Waals surface area contributed by atoms with E-state index in [1.807, 2.05) is 6.92 Å². The van der Waals surface area contributed by atoms with Crippen molar-refractivity contribution in [1.82, 2.24) is 9.97 Å². The molecule has 1 aromatic rings. The highest BCUT2D eigenvalue weighted by molar-refractivity contribution is 6.28. The first-order valence-electron chi connectivity index (χ1n) is 5.82. The van der Waals surface area contributed by atoms with Crippen molar-refractivity contribution in [2.75, 3.05) is 18.5 Å². The van der Waals surface area contributed by atoms with Crippen molar-refractivity contribution in [3.05, 3.63) is 17.0 Å². The Kier molecular flexibility index (Phi) is 3.11. The maximum atomic E-state index is 9.66. The van der Waals surface area contributed by atoms with Crippen molar-refractivity contribution >= 4 is 17.4 Å². The third kappa shape index (κ3) is 2.05. The smallest absolute Gasteiger partial charge is 0.224 e. The first-order chi connectivity index (χ1) is 8.65. The summed E-state index contributed by atoms with van der Waals surface area (Å²) < 4.78 is 11.1. The summed E-state index contributed by atoms with van der Waals surface area (Å²) in [5.74, 6) is 0.675. The molecule has 4 atom stereocenters. The number of halogens is 1. The number of nitrogens with zero attached hydrogens (tertiary/aromatic N) is 2. The summed E-state index contributed by atoms with van der Waals surface area (Å²) in [5.41, 5.74) is 0.904. The van der Waals surface area contributed by atoms with Crippen molar-refractivity contribution in [3.63, 3.8) is 0 Å². The lowest BCUT2D eigenvalue weighted by atomic mass is 10.1. The standard InChI is InChI=1S/C11H14ClN3O3/c1-5-2-13-11(12)15-10(5)14-6-3-17-9-7(16)4-18-8(6)9/h2,6-9,16H,3-4H2,1H3,(H,13,14,15). The van der Waals surface area contributed by atoms with Crippen LogP contribution in [-0.2, 0) is 9.47 Å². The second-order valence-electron chi connectivity index (χ2n) is 4.58. The highest BCUT2D eigenvalue weighted by Crippen LogP contribution is 2.29. The molecule has 7 heteroatoms. The predicted molar refractivity (Wildman–Crippen MR) is 64.7 cm³/mol. The number of aryl methyl sites for hydroxylation is 1. The van der Waals surface area contributed by atoms with Crippen LogP contribution in [0.5, 0.6) is 0 Å². The van der Waals surface area contributed by atoms with Crippen LogP contribution in [0.4, 0.5) is 5.82 Å². The Morgan fingerprint density at radius 1 is 1.39 bits per heavy atom. The van der Waals surface area contributed by atoms with E-state index < -0.39 is 6.10 Å². The average molecular weight is 272 g/mol. The molecule has 2 aliphatic heterocycles. The maximum absolute atomic E-state index is 9.66. The number of hydrogen-bond acceptors (Lipinski definition) is 6. The van der Waals surface area contributed by atoms with E-state index in [4.69, 9.17) is 21.1 Å².